The van der Waals surface area contributed by atoms with E-state index >= 15 is 0 Å². The standard InChI is InChI=1S/C12H19N3O/c1-8-6-9(2)14-12(13-8)15-10-4-5-11(7-10)16-3/h6,10-11H,4-5,7H2,1-3H3,(H,13,14,15). The van der Waals surface area contributed by atoms with E-state index in [1.807, 2.05) is 19.9 Å². The predicted octanol–water partition coefficient (Wildman–Crippen LogP) is 2.07. The molecule has 2 rings (SSSR count). The van der Waals surface area contributed by atoms with E-state index in [-0.39, 0.29) is 0 Å². The summed E-state index contributed by atoms with van der Waals surface area (Å²) in [6, 6.07) is 2.43. The lowest BCUT2D eigenvalue weighted by Crippen LogP contribution is -2.19. The van der Waals surface area contributed by atoms with Crippen LogP contribution in [-0.4, -0.2) is 29.2 Å². The Bertz CT molecular complexity index is 347. The Labute approximate surface area is 96.4 Å². The van der Waals surface area contributed by atoms with Crippen molar-refractivity contribution >= 4 is 5.95 Å². The highest BCUT2D eigenvalue weighted by atomic mass is 16.5. The molecule has 0 aliphatic heterocycles. The predicted molar refractivity (Wildman–Crippen MR) is 63.6 cm³/mol. The molecule has 2 unspecified atom stereocenters. The summed E-state index contributed by atoms with van der Waals surface area (Å²) in [5, 5.41) is 3.38. The minimum absolute atomic E-state index is 0.392. The highest BCUT2D eigenvalue weighted by molar-refractivity contribution is 5.29. The molecule has 0 radical (unpaired) electrons. The second-order valence-corrected chi connectivity index (χ2v) is 4.49. The van der Waals surface area contributed by atoms with Gasteiger partial charge in [0.2, 0.25) is 5.95 Å². The summed E-state index contributed by atoms with van der Waals surface area (Å²) in [4.78, 5) is 8.77. The van der Waals surface area contributed by atoms with E-state index in [0.29, 0.717) is 12.1 Å². The number of rotatable bonds is 3. The summed E-state index contributed by atoms with van der Waals surface area (Å²) in [6.07, 6.45) is 3.70. The molecule has 0 amide bonds. The average molecular weight is 221 g/mol. The Kier molecular flexibility index (Phi) is 3.39. The molecule has 1 saturated carbocycles. The monoisotopic (exact) mass is 221 g/mol. The van der Waals surface area contributed by atoms with Crippen molar-refractivity contribution in [3.63, 3.8) is 0 Å². The van der Waals surface area contributed by atoms with Gasteiger partial charge in [-0.25, -0.2) is 9.97 Å². The van der Waals surface area contributed by atoms with Gasteiger partial charge in [-0.05, 0) is 39.2 Å². The fourth-order valence-corrected chi connectivity index (χ4v) is 2.26. The van der Waals surface area contributed by atoms with E-state index in [1.165, 1.54) is 0 Å². The zero-order chi connectivity index (χ0) is 11.5. The number of aromatic nitrogens is 2. The molecule has 0 bridgehead atoms. The zero-order valence-electron chi connectivity index (χ0n) is 10.2. The lowest BCUT2D eigenvalue weighted by molar-refractivity contribution is 0.108. The van der Waals surface area contributed by atoms with Crippen molar-refractivity contribution in [2.24, 2.45) is 0 Å². The van der Waals surface area contributed by atoms with Crippen LogP contribution in [0.2, 0.25) is 0 Å². The van der Waals surface area contributed by atoms with Crippen LogP contribution in [0.1, 0.15) is 30.7 Å². The van der Waals surface area contributed by atoms with E-state index in [1.54, 1.807) is 7.11 Å². The summed E-state index contributed by atoms with van der Waals surface area (Å²) < 4.78 is 5.35. The summed E-state index contributed by atoms with van der Waals surface area (Å²) >= 11 is 0. The van der Waals surface area contributed by atoms with E-state index in [9.17, 15) is 0 Å². The summed E-state index contributed by atoms with van der Waals surface area (Å²) in [7, 11) is 1.78. The molecule has 0 aromatic carbocycles. The molecular formula is C12H19N3O. The van der Waals surface area contributed by atoms with Gasteiger partial charge in [-0.3, -0.25) is 0 Å². The molecule has 4 nitrogen and oxygen atoms in total. The van der Waals surface area contributed by atoms with Crippen LogP contribution in [0.25, 0.3) is 0 Å². The largest absolute Gasteiger partial charge is 0.381 e. The Morgan fingerprint density at radius 2 is 1.94 bits per heavy atom. The van der Waals surface area contributed by atoms with Gasteiger partial charge in [-0.2, -0.15) is 0 Å². The molecule has 4 heteroatoms. The van der Waals surface area contributed by atoms with Gasteiger partial charge in [0.25, 0.3) is 0 Å². The third-order valence-corrected chi connectivity index (χ3v) is 3.03. The molecule has 0 spiro atoms. The summed E-state index contributed by atoms with van der Waals surface area (Å²) in [5.41, 5.74) is 2.02. The quantitative estimate of drug-likeness (QED) is 0.848. The molecule has 1 aliphatic rings. The van der Waals surface area contributed by atoms with Crippen LogP contribution in [0.15, 0.2) is 6.07 Å². The normalized spacial score (nSPS) is 24.7. The molecule has 2 atom stereocenters. The van der Waals surface area contributed by atoms with Crippen LogP contribution < -0.4 is 5.32 Å². The third kappa shape index (κ3) is 2.70. The van der Waals surface area contributed by atoms with Crippen LogP contribution in [0.4, 0.5) is 5.95 Å². The van der Waals surface area contributed by atoms with Gasteiger partial charge in [-0.1, -0.05) is 0 Å². The van der Waals surface area contributed by atoms with Gasteiger partial charge in [0.05, 0.1) is 6.10 Å². The summed E-state index contributed by atoms with van der Waals surface area (Å²) in [6.45, 7) is 3.99. The molecule has 88 valence electrons. The number of aryl methyl sites for hydroxylation is 2. The Morgan fingerprint density at radius 3 is 2.50 bits per heavy atom. The molecular weight excluding hydrogens is 202 g/mol. The van der Waals surface area contributed by atoms with E-state index in [2.05, 4.69) is 15.3 Å². The number of hydrogen-bond acceptors (Lipinski definition) is 4. The van der Waals surface area contributed by atoms with Gasteiger partial charge in [0.15, 0.2) is 0 Å². The molecule has 0 saturated heterocycles. The second kappa shape index (κ2) is 4.78. The van der Waals surface area contributed by atoms with Crippen LogP contribution >= 0.6 is 0 Å². The summed E-state index contributed by atoms with van der Waals surface area (Å²) in [5.74, 6) is 0.749. The average Bonchev–Trinajstić information content (AvgIpc) is 2.64. The van der Waals surface area contributed by atoms with Gasteiger partial charge in [0.1, 0.15) is 0 Å². The SMILES string of the molecule is COC1CCC(Nc2nc(C)cc(C)n2)C1. The highest BCUT2D eigenvalue weighted by Crippen LogP contribution is 2.23. The van der Waals surface area contributed by atoms with Crippen molar-refractivity contribution in [2.45, 2.75) is 45.3 Å². The van der Waals surface area contributed by atoms with Crippen LogP contribution in [0, 0.1) is 13.8 Å². The third-order valence-electron chi connectivity index (χ3n) is 3.03. The molecule has 1 aromatic heterocycles. The van der Waals surface area contributed by atoms with E-state index in [4.69, 9.17) is 4.74 Å². The Hall–Kier alpha value is -1.16. The number of nitrogens with one attached hydrogen (secondary N) is 1. The van der Waals surface area contributed by atoms with E-state index < -0.39 is 0 Å². The molecule has 1 fully saturated rings. The first-order chi connectivity index (χ1) is 7.67. The second-order valence-electron chi connectivity index (χ2n) is 4.49. The highest BCUT2D eigenvalue weighted by Gasteiger charge is 2.24. The fraction of sp³-hybridized carbons (Fsp3) is 0.667. The number of methoxy groups -OCH3 is 1. The van der Waals surface area contributed by atoms with Crippen LogP contribution in [0.3, 0.4) is 0 Å². The first-order valence-electron chi connectivity index (χ1n) is 5.79. The minimum Gasteiger partial charge on any atom is -0.381 e. The van der Waals surface area contributed by atoms with Gasteiger partial charge < -0.3 is 10.1 Å². The van der Waals surface area contributed by atoms with E-state index in [0.717, 1.165) is 36.6 Å². The number of hydrogen-bond donors (Lipinski definition) is 1. The maximum absolute atomic E-state index is 5.35. The van der Waals surface area contributed by atoms with Crippen LogP contribution in [0.5, 0.6) is 0 Å². The molecule has 1 aromatic rings. The van der Waals surface area contributed by atoms with Crippen molar-refractivity contribution in [3.8, 4) is 0 Å². The number of anilines is 1. The maximum atomic E-state index is 5.35. The van der Waals surface area contributed by atoms with Crippen molar-refractivity contribution in [3.05, 3.63) is 17.5 Å². The van der Waals surface area contributed by atoms with Crippen LogP contribution in [-0.2, 0) is 4.74 Å². The minimum atomic E-state index is 0.392. The molecule has 1 heterocycles. The van der Waals surface area contributed by atoms with Crippen molar-refractivity contribution in [1.29, 1.82) is 0 Å². The topological polar surface area (TPSA) is 47.0 Å². The lowest BCUT2D eigenvalue weighted by Gasteiger charge is -2.13. The molecule has 1 N–H and O–H groups in total. The van der Waals surface area contributed by atoms with Gasteiger partial charge in [-0.15, -0.1) is 0 Å². The Morgan fingerprint density at radius 1 is 1.25 bits per heavy atom. The maximum Gasteiger partial charge on any atom is 0.223 e. The molecule has 16 heavy (non-hydrogen) atoms. The van der Waals surface area contributed by atoms with Crippen molar-refractivity contribution in [1.82, 2.24) is 9.97 Å². The van der Waals surface area contributed by atoms with Gasteiger partial charge >= 0.3 is 0 Å². The first kappa shape index (κ1) is 11.3. The Balaban J connectivity index is 1.99. The first-order valence-corrected chi connectivity index (χ1v) is 5.79. The zero-order valence-corrected chi connectivity index (χ0v) is 10.2. The van der Waals surface area contributed by atoms with Crippen molar-refractivity contribution in [2.75, 3.05) is 12.4 Å². The molecule has 1 aliphatic carbocycles. The van der Waals surface area contributed by atoms with Gasteiger partial charge in [0, 0.05) is 24.5 Å². The number of ether oxygens (including phenoxy) is 1. The smallest absolute Gasteiger partial charge is 0.223 e. The van der Waals surface area contributed by atoms with Crippen molar-refractivity contribution < 1.29 is 4.74 Å². The number of nitrogens with zero attached hydrogens (tertiary/aromatic N) is 2. The fourth-order valence-electron chi connectivity index (χ4n) is 2.26. The lowest BCUT2D eigenvalue weighted by atomic mass is 10.2.